The molecule has 0 aliphatic rings. The van der Waals surface area contributed by atoms with Crippen molar-refractivity contribution in [3.05, 3.63) is 94.3 Å². The van der Waals surface area contributed by atoms with Crippen LogP contribution in [-0.4, -0.2) is 28.6 Å². The molecule has 0 fully saturated rings. The summed E-state index contributed by atoms with van der Waals surface area (Å²) in [6, 6.07) is 22.0. The zero-order valence-electron chi connectivity index (χ0n) is 21.1. The smallest absolute Gasteiger partial charge is 0.224 e. The molecule has 1 heterocycles. The van der Waals surface area contributed by atoms with Crippen LogP contribution in [0.4, 0.5) is 0 Å². The van der Waals surface area contributed by atoms with Crippen LogP contribution in [0.1, 0.15) is 41.8 Å². The number of para-hydroxylation sites is 2. The van der Waals surface area contributed by atoms with E-state index in [0.717, 1.165) is 66.0 Å². The summed E-state index contributed by atoms with van der Waals surface area (Å²) in [7, 11) is 0. The number of halogens is 1. The fourth-order valence-corrected chi connectivity index (χ4v) is 4.57. The van der Waals surface area contributed by atoms with E-state index in [-0.39, 0.29) is 5.91 Å². The number of hydrogen-bond acceptors (Lipinski definition) is 3. The topological polar surface area (TPSA) is 56.1 Å². The number of rotatable bonds is 12. The van der Waals surface area contributed by atoms with E-state index in [1.54, 1.807) is 0 Å². The summed E-state index contributed by atoms with van der Waals surface area (Å²) in [5, 5.41) is 3.64. The molecule has 36 heavy (non-hydrogen) atoms. The Morgan fingerprint density at radius 1 is 1.00 bits per heavy atom. The van der Waals surface area contributed by atoms with E-state index in [1.807, 2.05) is 30.3 Å². The summed E-state index contributed by atoms with van der Waals surface area (Å²) in [5.41, 5.74) is 5.37. The summed E-state index contributed by atoms with van der Waals surface area (Å²) < 4.78 is 8.41. The molecule has 0 aliphatic heterocycles. The lowest BCUT2D eigenvalue weighted by Crippen LogP contribution is -2.26. The average molecular weight is 504 g/mol. The van der Waals surface area contributed by atoms with Gasteiger partial charge in [0.25, 0.3) is 0 Å². The van der Waals surface area contributed by atoms with Crippen molar-refractivity contribution in [1.29, 1.82) is 0 Å². The lowest BCUT2D eigenvalue weighted by Gasteiger charge is -2.13. The monoisotopic (exact) mass is 503 g/mol. The second kappa shape index (κ2) is 12.6. The first-order valence-corrected chi connectivity index (χ1v) is 13.0. The van der Waals surface area contributed by atoms with Crippen LogP contribution in [0.15, 0.2) is 66.7 Å². The maximum atomic E-state index is 12.2. The molecule has 0 spiro atoms. The van der Waals surface area contributed by atoms with Gasteiger partial charge in [-0.15, -0.1) is 0 Å². The van der Waals surface area contributed by atoms with Crippen molar-refractivity contribution in [3.8, 4) is 5.75 Å². The first-order chi connectivity index (χ1) is 17.5. The largest absolute Gasteiger partial charge is 0.491 e. The fourth-order valence-electron chi connectivity index (χ4n) is 4.37. The molecule has 6 heteroatoms. The Balaban J connectivity index is 1.26. The third kappa shape index (κ3) is 6.88. The SMILES string of the molecule is Cc1ccc(C)c(OCCn2c(CCCCCNC(=O)Cc3ccccc3Cl)nc3ccccc32)c1. The van der Waals surface area contributed by atoms with E-state index in [9.17, 15) is 4.79 Å². The van der Waals surface area contributed by atoms with Gasteiger partial charge in [-0.1, -0.05) is 60.5 Å². The standard InChI is InChI=1S/C30H34ClN3O2/c1-22-15-16-23(2)28(20-22)36-19-18-34-27-13-8-7-12-26(27)33-29(34)14-4-3-9-17-32-30(35)21-24-10-5-6-11-25(24)31/h5-8,10-13,15-16,20H,3-4,9,14,17-19,21H2,1-2H3,(H,32,35). The van der Waals surface area contributed by atoms with Crippen LogP contribution in [0.3, 0.4) is 0 Å². The van der Waals surface area contributed by atoms with E-state index in [4.69, 9.17) is 21.3 Å². The van der Waals surface area contributed by atoms with E-state index < -0.39 is 0 Å². The Labute approximate surface area is 218 Å². The molecule has 4 rings (SSSR count). The lowest BCUT2D eigenvalue weighted by molar-refractivity contribution is -0.120. The molecule has 1 N–H and O–H groups in total. The highest BCUT2D eigenvalue weighted by Gasteiger charge is 2.11. The van der Waals surface area contributed by atoms with Gasteiger partial charge >= 0.3 is 0 Å². The van der Waals surface area contributed by atoms with Gasteiger partial charge in [0.15, 0.2) is 0 Å². The molecule has 0 unspecified atom stereocenters. The van der Waals surface area contributed by atoms with Crippen molar-refractivity contribution in [2.75, 3.05) is 13.2 Å². The maximum Gasteiger partial charge on any atom is 0.224 e. The summed E-state index contributed by atoms with van der Waals surface area (Å²) in [4.78, 5) is 17.1. The molecule has 1 aromatic heterocycles. The summed E-state index contributed by atoms with van der Waals surface area (Å²) in [6.07, 6.45) is 4.18. The van der Waals surface area contributed by atoms with Crippen molar-refractivity contribution in [2.24, 2.45) is 0 Å². The van der Waals surface area contributed by atoms with Crippen LogP contribution < -0.4 is 10.1 Å². The number of benzene rings is 3. The first kappa shape index (κ1) is 25.8. The average Bonchev–Trinajstić information content (AvgIpc) is 3.22. The fraction of sp³-hybridized carbons (Fsp3) is 0.333. The Bertz CT molecular complexity index is 1310. The Morgan fingerprint density at radius 2 is 1.81 bits per heavy atom. The van der Waals surface area contributed by atoms with Crippen molar-refractivity contribution >= 4 is 28.5 Å². The lowest BCUT2D eigenvalue weighted by atomic mass is 10.1. The normalized spacial score (nSPS) is 11.1. The highest BCUT2D eigenvalue weighted by atomic mass is 35.5. The second-order valence-corrected chi connectivity index (χ2v) is 9.62. The number of aryl methyl sites for hydroxylation is 3. The number of hydrogen-bond donors (Lipinski definition) is 1. The number of ether oxygens (including phenoxy) is 1. The van der Waals surface area contributed by atoms with Crippen LogP contribution in [-0.2, 0) is 24.2 Å². The number of aromatic nitrogens is 2. The Kier molecular flexibility index (Phi) is 9.01. The Hall–Kier alpha value is -3.31. The molecule has 0 bridgehead atoms. The molecule has 3 aromatic carbocycles. The van der Waals surface area contributed by atoms with Crippen molar-refractivity contribution in [2.45, 2.75) is 52.5 Å². The van der Waals surface area contributed by atoms with E-state index >= 15 is 0 Å². The maximum absolute atomic E-state index is 12.2. The van der Waals surface area contributed by atoms with E-state index in [0.29, 0.717) is 24.6 Å². The van der Waals surface area contributed by atoms with Gasteiger partial charge in [-0.2, -0.15) is 0 Å². The number of unbranched alkanes of at least 4 members (excludes halogenated alkanes) is 2. The van der Waals surface area contributed by atoms with Gasteiger partial charge in [-0.3, -0.25) is 4.79 Å². The van der Waals surface area contributed by atoms with Crippen molar-refractivity contribution in [1.82, 2.24) is 14.9 Å². The molecule has 0 saturated carbocycles. The van der Waals surface area contributed by atoms with Gasteiger partial charge in [0.2, 0.25) is 5.91 Å². The van der Waals surface area contributed by atoms with Gasteiger partial charge in [0.1, 0.15) is 18.2 Å². The highest BCUT2D eigenvalue weighted by Crippen LogP contribution is 2.21. The number of fused-ring (bicyclic) bond motifs is 1. The summed E-state index contributed by atoms with van der Waals surface area (Å²) in [5.74, 6) is 2.04. The number of nitrogens with one attached hydrogen (secondary N) is 1. The van der Waals surface area contributed by atoms with Crippen molar-refractivity contribution < 1.29 is 9.53 Å². The predicted octanol–water partition coefficient (Wildman–Crippen LogP) is 6.46. The minimum absolute atomic E-state index is 0.00809. The number of carbonyl (C=O) groups excluding carboxylic acids is 1. The molecular formula is C30H34ClN3O2. The van der Waals surface area contributed by atoms with Crippen LogP contribution in [0, 0.1) is 13.8 Å². The van der Waals surface area contributed by atoms with Crippen LogP contribution in [0.2, 0.25) is 5.02 Å². The van der Waals surface area contributed by atoms with E-state index in [1.165, 1.54) is 5.56 Å². The molecular weight excluding hydrogens is 470 g/mol. The molecule has 1 amide bonds. The van der Waals surface area contributed by atoms with Gasteiger partial charge in [0.05, 0.1) is 24.0 Å². The van der Waals surface area contributed by atoms with Crippen LogP contribution in [0.25, 0.3) is 11.0 Å². The zero-order valence-corrected chi connectivity index (χ0v) is 21.9. The second-order valence-electron chi connectivity index (χ2n) is 9.21. The summed E-state index contributed by atoms with van der Waals surface area (Å²) >= 11 is 6.15. The Morgan fingerprint density at radius 3 is 2.67 bits per heavy atom. The quantitative estimate of drug-likeness (QED) is 0.226. The number of amides is 1. The summed E-state index contributed by atoms with van der Waals surface area (Å²) in [6.45, 7) is 6.17. The molecule has 188 valence electrons. The van der Waals surface area contributed by atoms with Gasteiger partial charge < -0.3 is 14.6 Å². The molecule has 4 aromatic rings. The third-order valence-corrected chi connectivity index (χ3v) is 6.73. The first-order valence-electron chi connectivity index (χ1n) is 12.7. The minimum atomic E-state index is 0.00809. The number of imidazole rings is 1. The molecule has 5 nitrogen and oxygen atoms in total. The van der Waals surface area contributed by atoms with Gasteiger partial charge in [0, 0.05) is 18.0 Å². The third-order valence-electron chi connectivity index (χ3n) is 6.36. The van der Waals surface area contributed by atoms with E-state index in [2.05, 4.69) is 60.1 Å². The number of nitrogens with zero attached hydrogens (tertiary/aromatic N) is 2. The van der Waals surface area contributed by atoms with Crippen LogP contribution >= 0.6 is 11.6 Å². The van der Waals surface area contributed by atoms with Gasteiger partial charge in [-0.05, 0) is 67.6 Å². The van der Waals surface area contributed by atoms with Gasteiger partial charge in [-0.25, -0.2) is 4.98 Å². The minimum Gasteiger partial charge on any atom is -0.491 e. The molecule has 0 atom stereocenters. The number of carbonyl (C=O) groups is 1. The molecule has 0 saturated heterocycles. The molecule has 0 aliphatic carbocycles. The van der Waals surface area contributed by atoms with Crippen molar-refractivity contribution in [3.63, 3.8) is 0 Å². The predicted molar refractivity (Wildman–Crippen MR) is 147 cm³/mol. The molecule has 0 radical (unpaired) electrons. The zero-order chi connectivity index (χ0) is 25.3. The van der Waals surface area contributed by atoms with Crippen LogP contribution in [0.5, 0.6) is 5.75 Å². The highest BCUT2D eigenvalue weighted by molar-refractivity contribution is 6.31.